The molecule has 0 aromatic carbocycles. The summed E-state index contributed by atoms with van der Waals surface area (Å²) in [5.74, 6) is 0.877. The van der Waals surface area contributed by atoms with E-state index in [-0.39, 0.29) is 12.2 Å². The van der Waals surface area contributed by atoms with Crippen LogP contribution in [-0.4, -0.2) is 44.9 Å². The van der Waals surface area contributed by atoms with Gasteiger partial charge in [0.25, 0.3) is 0 Å². The Hall–Kier alpha value is -0.160. The summed E-state index contributed by atoms with van der Waals surface area (Å²) in [5.41, 5.74) is 0.537. The summed E-state index contributed by atoms with van der Waals surface area (Å²) >= 11 is 0. The topological polar surface area (TPSA) is 36.9 Å². The molecule has 0 spiro atoms. The molecule has 0 amide bonds. The fourth-order valence-corrected chi connectivity index (χ4v) is 1.84. The van der Waals surface area contributed by atoms with Crippen LogP contribution in [0.1, 0.15) is 102 Å². The molecular weight excluding hydrogens is 352 g/mol. The van der Waals surface area contributed by atoms with Crippen molar-refractivity contribution in [2.24, 2.45) is 11.3 Å². The van der Waals surface area contributed by atoms with E-state index in [0.29, 0.717) is 31.5 Å². The maximum absolute atomic E-state index is 5.22. The summed E-state index contributed by atoms with van der Waals surface area (Å²) in [5, 5.41) is 0. The van der Waals surface area contributed by atoms with Gasteiger partial charge in [-0.05, 0) is 66.2 Å². The van der Waals surface area contributed by atoms with Crippen LogP contribution in [-0.2, 0) is 18.9 Å². The molecule has 0 aliphatic rings. The lowest BCUT2D eigenvalue weighted by Gasteiger charge is -2.18. The molecule has 0 atom stereocenters. The van der Waals surface area contributed by atoms with Gasteiger partial charge in [-0.25, -0.2) is 0 Å². The summed E-state index contributed by atoms with van der Waals surface area (Å²) in [6.45, 7) is 28.1. The molecule has 4 nitrogen and oxygen atoms in total. The Morgan fingerprint density at radius 1 is 0.679 bits per heavy atom. The summed E-state index contributed by atoms with van der Waals surface area (Å²) in [4.78, 5) is 0. The van der Waals surface area contributed by atoms with E-state index >= 15 is 0 Å². The molecular formula is C24H54O4. The largest absolute Gasteiger partial charge is 0.379 e. The highest BCUT2D eigenvalue weighted by Crippen LogP contribution is 2.22. The zero-order valence-corrected chi connectivity index (χ0v) is 21.4. The molecule has 0 N–H and O–H groups in total. The molecule has 0 saturated carbocycles. The van der Waals surface area contributed by atoms with Gasteiger partial charge in [-0.1, -0.05) is 47.5 Å². The van der Waals surface area contributed by atoms with Crippen LogP contribution in [0.5, 0.6) is 0 Å². The minimum Gasteiger partial charge on any atom is -0.379 e. The van der Waals surface area contributed by atoms with Gasteiger partial charge in [0.1, 0.15) is 6.79 Å². The van der Waals surface area contributed by atoms with E-state index in [1.54, 1.807) is 0 Å². The Morgan fingerprint density at radius 3 is 1.46 bits per heavy atom. The van der Waals surface area contributed by atoms with Gasteiger partial charge in [0.2, 0.25) is 0 Å². The van der Waals surface area contributed by atoms with Crippen molar-refractivity contribution in [3.63, 3.8) is 0 Å². The molecule has 0 aliphatic carbocycles. The third kappa shape index (κ3) is 44.9. The molecule has 0 unspecified atom stereocenters. The van der Waals surface area contributed by atoms with E-state index in [1.807, 2.05) is 48.5 Å². The van der Waals surface area contributed by atoms with Crippen molar-refractivity contribution >= 4 is 0 Å². The third-order valence-electron chi connectivity index (χ3n) is 3.39. The van der Waals surface area contributed by atoms with Crippen molar-refractivity contribution in [3.05, 3.63) is 0 Å². The van der Waals surface area contributed by atoms with E-state index < -0.39 is 0 Å². The van der Waals surface area contributed by atoms with Crippen molar-refractivity contribution in [1.29, 1.82) is 0 Å². The molecule has 0 fully saturated rings. The lowest BCUT2D eigenvalue weighted by Crippen LogP contribution is -2.11. The van der Waals surface area contributed by atoms with Crippen LogP contribution in [0.15, 0.2) is 0 Å². The van der Waals surface area contributed by atoms with Gasteiger partial charge in [-0.15, -0.1) is 0 Å². The molecule has 0 heterocycles. The van der Waals surface area contributed by atoms with Crippen molar-refractivity contribution in [2.45, 2.75) is 121 Å². The summed E-state index contributed by atoms with van der Waals surface area (Å²) in [6.07, 6.45) is 5.00. The average Bonchev–Trinajstić information content (AvgIpc) is 2.50. The van der Waals surface area contributed by atoms with E-state index in [0.717, 1.165) is 12.5 Å². The second-order valence-electron chi connectivity index (χ2n) is 9.51. The van der Waals surface area contributed by atoms with Gasteiger partial charge in [0.05, 0.1) is 31.5 Å². The second-order valence-corrected chi connectivity index (χ2v) is 9.51. The van der Waals surface area contributed by atoms with Crippen molar-refractivity contribution < 1.29 is 18.9 Å². The van der Waals surface area contributed by atoms with Crippen molar-refractivity contribution in [3.8, 4) is 0 Å². The van der Waals surface area contributed by atoms with Gasteiger partial charge >= 0.3 is 0 Å². The SMILES string of the molecule is CC(C)CCCC(C)(C)C.CC(C)OCOC(C)C.CCOCCOC(C)C. The zero-order chi connectivity index (χ0) is 22.6. The zero-order valence-electron chi connectivity index (χ0n) is 21.4. The Balaban J connectivity index is -0.000000336. The Bertz CT molecular complexity index is 273. The molecule has 28 heavy (non-hydrogen) atoms. The lowest BCUT2D eigenvalue weighted by molar-refractivity contribution is -0.0994. The minimum absolute atomic E-state index is 0.267. The van der Waals surface area contributed by atoms with Gasteiger partial charge in [0.15, 0.2) is 0 Å². The van der Waals surface area contributed by atoms with E-state index in [2.05, 4.69) is 34.6 Å². The molecule has 0 aliphatic heterocycles. The molecule has 0 aromatic rings. The first-order valence-corrected chi connectivity index (χ1v) is 11.2. The first-order chi connectivity index (χ1) is 12.8. The quantitative estimate of drug-likeness (QED) is 0.256. The molecule has 0 aromatic heterocycles. The highest BCUT2D eigenvalue weighted by molar-refractivity contribution is 4.61. The minimum atomic E-state index is 0.267. The molecule has 0 rings (SSSR count). The van der Waals surface area contributed by atoms with Crippen LogP contribution in [0.2, 0.25) is 0 Å². The molecule has 0 radical (unpaired) electrons. The first kappa shape index (κ1) is 32.5. The lowest BCUT2D eigenvalue weighted by atomic mass is 9.88. The second kappa shape index (κ2) is 21.5. The van der Waals surface area contributed by atoms with Crippen molar-refractivity contribution in [2.75, 3.05) is 26.6 Å². The molecule has 0 saturated heterocycles. The molecule has 174 valence electrons. The van der Waals surface area contributed by atoms with Crippen LogP contribution in [0.25, 0.3) is 0 Å². The maximum atomic E-state index is 5.22. The number of rotatable bonds is 12. The number of hydrogen-bond acceptors (Lipinski definition) is 4. The molecule has 4 heteroatoms. The van der Waals surface area contributed by atoms with E-state index in [1.165, 1.54) is 19.3 Å². The highest BCUT2D eigenvalue weighted by atomic mass is 16.7. The van der Waals surface area contributed by atoms with Gasteiger partial charge < -0.3 is 18.9 Å². The summed E-state index contributed by atoms with van der Waals surface area (Å²) in [6, 6.07) is 0. The first-order valence-electron chi connectivity index (χ1n) is 11.2. The van der Waals surface area contributed by atoms with E-state index in [9.17, 15) is 0 Å². The van der Waals surface area contributed by atoms with Gasteiger partial charge in [0, 0.05) is 6.61 Å². The van der Waals surface area contributed by atoms with Crippen LogP contribution >= 0.6 is 0 Å². The molecule has 0 bridgehead atoms. The Labute approximate surface area is 178 Å². The maximum Gasteiger partial charge on any atom is 0.147 e. The standard InChI is InChI=1S/C10H22.2C7H16O2/c1-9(2)7-6-8-10(3,4)5;1-6(2)8-5-9-7(3)4;1-4-8-5-6-9-7(2)3/h9H,6-8H2,1-5H3;6-7H,5H2,1-4H3;7H,4-6H2,1-3H3. The third-order valence-corrected chi connectivity index (χ3v) is 3.39. The predicted octanol–water partition coefficient (Wildman–Crippen LogP) is 7.10. The smallest absolute Gasteiger partial charge is 0.147 e. The highest BCUT2D eigenvalue weighted by Gasteiger charge is 2.09. The Kier molecular flexibility index (Phi) is 25.0. The number of ether oxygens (including phenoxy) is 4. The predicted molar refractivity (Wildman–Crippen MR) is 123 cm³/mol. The normalized spacial score (nSPS) is 11.6. The average molecular weight is 407 g/mol. The van der Waals surface area contributed by atoms with Crippen molar-refractivity contribution in [1.82, 2.24) is 0 Å². The number of hydrogen-bond donors (Lipinski definition) is 0. The Morgan fingerprint density at radius 2 is 1.14 bits per heavy atom. The van der Waals surface area contributed by atoms with Crippen LogP contribution in [0.3, 0.4) is 0 Å². The van der Waals surface area contributed by atoms with Crippen LogP contribution in [0, 0.1) is 11.3 Å². The van der Waals surface area contributed by atoms with Gasteiger partial charge in [-0.3, -0.25) is 0 Å². The summed E-state index contributed by atoms with van der Waals surface area (Å²) < 4.78 is 20.5. The van der Waals surface area contributed by atoms with Gasteiger partial charge in [-0.2, -0.15) is 0 Å². The van der Waals surface area contributed by atoms with Crippen LogP contribution < -0.4 is 0 Å². The monoisotopic (exact) mass is 406 g/mol. The fourth-order valence-electron chi connectivity index (χ4n) is 1.84. The van der Waals surface area contributed by atoms with Crippen LogP contribution in [0.4, 0.5) is 0 Å². The summed E-state index contributed by atoms with van der Waals surface area (Å²) in [7, 11) is 0. The van der Waals surface area contributed by atoms with E-state index in [4.69, 9.17) is 18.9 Å². The fraction of sp³-hybridized carbons (Fsp3) is 1.00.